The molecule has 0 aliphatic carbocycles. The van der Waals surface area contributed by atoms with E-state index in [9.17, 15) is 0 Å². The molecule has 0 radical (unpaired) electrons. The Kier molecular flexibility index (Phi) is 4.23. The molecule has 0 unspecified atom stereocenters. The van der Waals surface area contributed by atoms with Crippen LogP contribution in [0.1, 0.15) is 26.2 Å². The lowest BCUT2D eigenvalue weighted by Crippen LogP contribution is -2.30. The summed E-state index contributed by atoms with van der Waals surface area (Å²) in [7, 11) is 2.21. The molecule has 0 aromatic rings. The highest BCUT2D eigenvalue weighted by Gasteiger charge is 2.16. The van der Waals surface area contributed by atoms with Crippen LogP contribution < -0.4 is 0 Å². The van der Waals surface area contributed by atoms with E-state index in [1.54, 1.807) is 0 Å². The molecule has 1 heterocycles. The largest absolute Gasteiger partial charge is 0.306 e. The van der Waals surface area contributed by atoms with E-state index >= 15 is 0 Å². The molecule has 1 heteroatoms. The van der Waals surface area contributed by atoms with Gasteiger partial charge in [0.2, 0.25) is 0 Å². The molecule has 1 saturated heterocycles. The highest BCUT2D eigenvalue weighted by atomic mass is 15.1. The first-order valence-corrected chi connectivity index (χ1v) is 5.22. The molecule has 0 aromatic heterocycles. The van der Waals surface area contributed by atoms with Gasteiger partial charge in [0.05, 0.1) is 0 Å². The van der Waals surface area contributed by atoms with Crippen molar-refractivity contribution >= 4 is 0 Å². The minimum atomic E-state index is 0.889. The minimum absolute atomic E-state index is 0.889. The van der Waals surface area contributed by atoms with E-state index in [1.165, 1.54) is 37.9 Å². The highest BCUT2D eigenvalue weighted by molar-refractivity contribution is 5.15. The number of hydrogen-bond donors (Lipinski definition) is 0. The molecular formula is C12H21N. The molecular weight excluding hydrogens is 158 g/mol. The van der Waals surface area contributed by atoms with Crippen molar-refractivity contribution in [2.45, 2.75) is 26.2 Å². The fourth-order valence-corrected chi connectivity index (χ4v) is 1.92. The fourth-order valence-electron chi connectivity index (χ4n) is 1.92. The maximum Gasteiger partial charge on any atom is -0.00190 e. The Morgan fingerprint density at radius 1 is 1.46 bits per heavy atom. The first kappa shape index (κ1) is 10.5. The van der Waals surface area contributed by atoms with E-state index in [-0.39, 0.29) is 0 Å². The average molecular weight is 179 g/mol. The summed E-state index contributed by atoms with van der Waals surface area (Å²) in [5, 5.41) is 0. The standard InChI is InChI=1S/C12H21N/c1-4-11(5-2)10-12-6-8-13(3)9-7-12/h4-5,12H,1,6-10H2,2-3H3/b11-5+. The van der Waals surface area contributed by atoms with Crippen molar-refractivity contribution in [2.75, 3.05) is 20.1 Å². The molecule has 0 amide bonds. The summed E-state index contributed by atoms with van der Waals surface area (Å²) in [6.45, 7) is 8.46. The molecule has 1 fully saturated rings. The Morgan fingerprint density at radius 3 is 2.54 bits per heavy atom. The topological polar surface area (TPSA) is 3.24 Å². The number of hydrogen-bond acceptors (Lipinski definition) is 1. The zero-order valence-electron chi connectivity index (χ0n) is 8.92. The van der Waals surface area contributed by atoms with Gasteiger partial charge in [0.15, 0.2) is 0 Å². The lowest BCUT2D eigenvalue weighted by atomic mass is 9.90. The number of nitrogens with zero attached hydrogens (tertiary/aromatic N) is 1. The van der Waals surface area contributed by atoms with Crippen LogP contribution in [0.25, 0.3) is 0 Å². The molecule has 0 spiro atoms. The molecule has 1 aliphatic heterocycles. The normalized spacial score (nSPS) is 21.8. The van der Waals surface area contributed by atoms with Crippen molar-refractivity contribution in [3.05, 3.63) is 24.3 Å². The van der Waals surface area contributed by atoms with E-state index in [1.807, 2.05) is 6.08 Å². The third kappa shape index (κ3) is 3.35. The van der Waals surface area contributed by atoms with Crippen LogP contribution in [0.2, 0.25) is 0 Å². The van der Waals surface area contributed by atoms with Crippen molar-refractivity contribution in [2.24, 2.45) is 5.92 Å². The Bertz CT molecular complexity index is 185. The summed E-state index contributed by atoms with van der Waals surface area (Å²) in [4.78, 5) is 2.42. The monoisotopic (exact) mass is 179 g/mol. The predicted molar refractivity (Wildman–Crippen MR) is 58.8 cm³/mol. The first-order chi connectivity index (χ1) is 6.26. The lowest BCUT2D eigenvalue weighted by Gasteiger charge is -2.29. The third-order valence-electron chi connectivity index (χ3n) is 3.00. The van der Waals surface area contributed by atoms with E-state index in [4.69, 9.17) is 0 Å². The van der Waals surface area contributed by atoms with Gasteiger partial charge in [-0.1, -0.05) is 24.3 Å². The van der Waals surface area contributed by atoms with Crippen LogP contribution in [0, 0.1) is 5.92 Å². The second-order valence-electron chi connectivity index (χ2n) is 4.02. The second kappa shape index (κ2) is 5.23. The SMILES string of the molecule is C=C/C(=C\C)CC1CCN(C)CC1. The molecule has 13 heavy (non-hydrogen) atoms. The Hall–Kier alpha value is -0.560. The zero-order chi connectivity index (χ0) is 9.68. The van der Waals surface area contributed by atoms with Crippen LogP contribution >= 0.6 is 0 Å². The highest BCUT2D eigenvalue weighted by Crippen LogP contribution is 2.23. The van der Waals surface area contributed by atoms with Gasteiger partial charge in [-0.2, -0.15) is 0 Å². The van der Waals surface area contributed by atoms with Crippen molar-refractivity contribution in [1.29, 1.82) is 0 Å². The fraction of sp³-hybridized carbons (Fsp3) is 0.667. The zero-order valence-corrected chi connectivity index (χ0v) is 8.92. The van der Waals surface area contributed by atoms with Gasteiger partial charge in [0, 0.05) is 0 Å². The van der Waals surface area contributed by atoms with Crippen molar-refractivity contribution in [3.63, 3.8) is 0 Å². The third-order valence-corrected chi connectivity index (χ3v) is 3.00. The van der Waals surface area contributed by atoms with Crippen molar-refractivity contribution in [3.8, 4) is 0 Å². The Balaban J connectivity index is 2.33. The number of allylic oxidation sites excluding steroid dienone is 3. The number of likely N-dealkylation sites (tertiary alicyclic amines) is 1. The first-order valence-electron chi connectivity index (χ1n) is 5.22. The molecule has 0 saturated carbocycles. The van der Waals surface area contributed by atoms with Gasteiger partial charge in [-0.25, -0.2) is 0 Å². The van der Waals surface area contributed by atoms with Gasteiger partial charge in [0.25, 0.3) is 0 Å². The molecule has 0 aromatic carbocycles. The van der Waals surface area contributed by atoms with E-state index in [0.29, 0.717) is 0 Å². The maximum absolute atomic E-state index is 3.83. The van der Waals surface area contributed by atoms with Gasteiger partial charge < -0.3 is 4.90 Å². The molecule has 0 atom stereocenters. The quantitative estimate of drug-likeness (QED) is 0.602. The average Bonchev–Trinajstić information content (AvgIpc) is 2.17. The number of piperidine rings is 1. The van der Waals surface area contributed by atoms with Gasteiger partial charge in [-0.15, -0.1) is 0 Å². The van der Waals surface area contributed by atoms with Crippen LogP contribution in [0.4, 0.5) is 0 Å². The summed E-state index contributed by atoms with van der Waals surface area (Å²) < 4.78 is 0. The molecule has 1 rings (SSSR count). The molecule has 1 aliphatic rings. The van der Waals surface area contributed by atoms with Crippen molar-refractivity contribution < 1.29 is 0 Å². The van der Waals surface area contributed by atoms with Crippen LogP contribution in [0.5, 0.6) is 0 Å². The molecule has 1 nitrogen and oxygen atoms in total. The Labute approximate surface area is 82.1 Å². The van der Waals surface area contributed by atoms with Crippen molar-refractivity contribution in [1.82, 2.24) is 4.90 Å². The smallest absolute Gasteiger partial charge is 0.00190 e. The second-order valence-corrected chi connectivity index (χ2v) is 4.02. The summed E-state index contributed by atoms with van der Waals surface area (Å²) in [5.74, 6) is 0.889. The maximum atomic E-state index is 3.83. The van der Waals surface area contributed by atoms with Crippen LogP contribution in [0.15, 0.2) is 24.3 Å². The van der Waals surface area contributed by atoms with Gasteiger partial charge in [0.1, 0.15) is 0 Å². The summed E-state index contributed by atoms with van der Waals surface area (Å²) in [6.07, 6.45) is 8.11. The predicted octanol–water partition coefficient (Wildman–Crippen LogP) is 2.85. The van der Waals surface area contributed by atoms with Crippen LogP contribution in [0.3, 0.4) is 0 Å². The molecule has 0 bridgehead atoms. The van der Waals surface area contributed by atoms with Crippen LogP contribution in [-0.2, 0) is 0 Å². The molecule has 74 valence electrons. The van der Waals surface area contributed by atoms with Gasteiger partial charge in [-0.05, 0) is 52.2 Å². The van der Waals surface area contributed by atoms with Gasteiger partial charge in [-0.3, -0.25) is 0 Å². The summed E-state index contributed by atoms with van der Waals surface area (Å²) in [5.41, 5.74) is 1.41. The Morgan fingerprint density at radius 2 is 2.08 bits per heavy atom. The van der Waals surface area contributed by atoms with Crippen LogP contribution in [-0.4, -0.2) is 25.0 Å². The minimum Gasteiger partial charge on any atom is -0.306 e. The van der Waals surface area contributed by atoms with Gasteiger partial charge >= 0.3 is 0 Å². The molecule has 0 N–H and O–H groups in total. The summed E-state index contributed by atoms with van der Waals surface area (Å²) in [6, 6.07) is 0. The van der Waals surface area contributed by atoms with E-state index in [0.717, 1.165) is 5.92 Å². The van der Waals surface area contributed by atoms with E-state index in [2.05, 4.69) is 31.5 Å². The van der Waals surface area contributed by atoms with E-state index < -0.39 is 0 Å². The summed E-state index contributed by atoms with van der Waals surface area (Å²) >= 11 is 0. The number of rotatable bonds is 3. The lowest BCUT2D eigenvalue weighted by molar-refractivity contribution is 0.219.